The van der Waals surface area contributed by atoms with Crippen LogP contribution < -0.4 is 16.1 Å². The Bertz CT molecular complexity index is 1080. The van der Waals surface area contributed by atoms with Crippen LogP contribution in [0.25, 0.3) is 11.1 Å². The van der Waals surface area contributed by atoms with Crippen molar-refractivity contribution in [3.8, 4) is 11.1 Å². The minimum atomic E-state index is -1.44. The molecule has 2 aromatic rings. The first-order valence-electron chi connectivity index (χ1n) is 11.3. The summed E-state index contributed by atoms with van der Waals surface area (Å²) >= 11 is 0. The Morgan fingerprint density at radius 2 is 1.53 bits per heavy atom. The van der Waals surface area contributed by atoms with Gasteiger partial charge in [0, 0.05) is 12.5 Å². The number of nitrogens with one attached hydrogen (secondary N) is 3. The summed E-state index contributed by atoms with van der Waals surface area (Å²) in [6.45, 7) is 3.99. The Kier molecular flexibility index (Phi) is 8.49. The highest BCUT2D eigenvalue weighted by molar-refractivity contribution is 5.83. The maximum atomic E-state index is 12.3. The van der Waals surface area contributed by atoms with Gasteiger partial charge in [-0.2, -0.15) is 5.48 Å². The standard InChI is InChI=1S/C25H29N3O8/c1-25(2,3)36-24(33)28-35-14-21(29)26-12-20(22(30)31)27-23(32)34-13-19-17-10-6-4-8-15(17)16-9-5-7-11-18(16)19/h4-11,19-20H,12-14H2,1-3H3,(H,26,29)(H,27,32)(H,28,33)(H,30,31)/t20-/m1/s1. The maximum absolute atomic E-state index is 12.3. The van der Waals surface area contributed by atoms with Gasteiger partial charge in [0.15, 0.2) is 6.61 Å². The van der Waals surface area contributed by atoms with Crippen LogP contribution in [-0.4, -0.2) is 60.6 Å². The van der Waals surface area contributed by atoms with E-state index in [2.05, 4.69) is 10.6 Å². The maximum Gasteiger partial charge on any atom is 0.431 e. The number of carbonyl (C=O) groups excluding carboxylic acids is 3. The molecule has 0 saturated carbocycles. The average Bonchev–Trinajstić information content (AvgIpc) is 3.13. The van der Waals surface area contributed by atoms with E-state index in [9.17, 15) is 24.3 Å². The molecule has 1 aliphatic rings. The summed E-state index contributed by atoms with van der Waals surface area (Å²) in [5.41, 5.74) is 5.38. The van der Waals surface area contributed by atoms with E-state index >= 15 is 0 Å². The summed E-state index contributed by atoms with van der Waals surface area (Å²) < 4.78 is 10.3. The zero-order valence-electron chi connectivity index (χ0n) is 20.2. The van der Waals surface area contributed by atoms with Crippen molar-refractivity contribution in [2.45, 2.75) is 38.3 Å². The highest BCUT2D eigenvalue weighted by Crippen LogP contribution is 2.44. The smallest absolute Gasteiger partial charge is 0.431 e. The molecule has 36 heavy (non-hydrogen) atoms. The largest absolute Gasteiger partial charge is 0.480 e. The minimum absolute atomic E-state index is 0.0166. The van der Waals surface area contributed by atoms with Crippen LogP contribution in [0, 0.1) is 0 Å². The molecule has 0 spiro atoms. The van der Waals surface area contributed by atoms with E-state index in [1.165, 1.54) is 0 Å². The van der Waals surface area contributed by atoms with Crippen molar-refractivity contribution in [2.75, 3.05) is 19.8 Å². The number of carbonyl (C=O) groups is 4. The first-order chi connectivity index (χ1) is 17.0. The zero-order chi connectivity index (χ0) is 26.3. The number of benzene rings is 2. The molecule has 0 fully saturated rings. The van der Waals surface area contributed by atoms with Crippen LogP contribution in [0.15, 0.2) is 48.5 Å². The molecular formula is C25H29N3O8. The molecule has 0 aromatic heterocycles. The fourth-order valence-corrected chi connectivity index (χ4v) is 3.71. The van der Waals surface area contributed by atoms with Crippen molar-refractivity contribution in [1.29, 1.82) is 0 Å². The second-order valence-corrected chi connectivity index (χ2v) is 9.06. The fraction of sp³-hybridized carbons (Fsp3) is 0.360. The van der Waals surface area contributed by atoms with Crippen molar-refractivity contribution < 1.29 is 38.6 Å². The predicted molar refractivity (Wildman–Crippen MR) is 128 cm³/mol. The number of fused-ring (bicyclic) bond motifs is 3. The molecule has 0 saturated heterocycles. The third-order valence-corrected chi connectivity index (χ3v) is 5.19. The van der Waals surface area contributed by atoms with Gasteiger partial charge >= 0.3 is 18.2 Å². The molecule has 192 valence electrons. The van der Waals surface area contributed by atoms with Crippen LogP contribution in [0.3, 0.4) is 0 Å². The Morgan fingerprint density at radius 1 is 0.944 bits per heavy atom. The van der Waals surface area contributed by atoms with Crippen LogP contribution in [0.5, 0.6) is 0 Å². The van der Waals surface area contributed by atoms with Gasteiger partial charge in [0.1, 0.15) is 18.2 Å². The quantitative estimate of drug-likeness (QED) is 0.384. The van der Waals surface area contributed by atoms with E-state index < -0.39 is 48.9 Å². The van der Waals surface area contributed by atoms with Crippen LogP contribution in [0.1, 0.15) is 37.8 Å². The number of amides is 3. The van der Waals surface area contributed by atoms with E-state index in [1.54, 1.807) is 20.8 Å². The van der Waals surface area contributed by atoms with Gasteiger partial charge in [-0.25, -0.2) is 14.4 Å². The summed E-state index contributed by atoms with van der Waals surface area (Å²) in [6, 6.07) is 14.2. The summed E-state index contributed by atoms with van der Waals surface area (Å²) in [6.07, 6.45) is -1.81. The number of aliphatic carboxylic acids is 1. The zero-order valence-corrected chi connectivity index (χ0v) is 20.2. The number of ether oxygens (including phenoxy) is 2. The number of alkyl carbamates (subject to hydrolysis) is 1. The van der Waals surface area contributed by atoms with Crippen molar-refractivity contribution in [1.82, 2.24) is 16.1 Å². The molecule has 4 N–H and O–H groups in total. The molecule has 0 radical (unpaired) electrons. The molecule has 0 heterocycles. The number of hydroxylamine groups is 1. The molecule has 3 rings (SSSR count). The van der Waals surface area contributed by atoms with Gasteiger partial charge in [-0.3, -0.25) is 9.63 Å². The fourth-order valence-electron chi connectivity index (χ4n) is 3.71. The normalized spacial score (nSPS) is 13.1. The first-order valence-corrected chi connectivity index (χ1v) is 11.3. The van der Waals surface area contributed by atoms with Crippen molar-refractivity contribution >= 4 is 24.1 Å². The monoisotopic (exact) mass is 499 g/mol. The van der Waals surface area contributed by atoms with Gasteiger partial charge in [-0.1, -0.05) is 48.5 Å². The lowest BCUT2D eigenvalue weighted by atomic mass is 9.98. The van der Waals surface area contributed by atoms with Crippen LogP contribution in [0.2, 0.25) is 0 Å². The summed E-state index contributed by atoms with van der Waals surface area (Å²) in [4.78, 5) is 52.0. The van der Waals surface area contributed by atoms with Crippen molar-refractivity contribution in [2.24, 2.45) is 0 Å². The lowest BCUT2D eigenvalue weighted by Gasteiger charge is -2.19. The average molecular weight is 500 g/mol. The van der Waals surface area contributed by atoms with Gasteiger partial charge in [0.25, 0.3) is 0 Å². The van der Waals surface area contributed by atoms with Gasteiger partial charge in [-0.05, 0) is 43.0 Å². The lowest BCUT2D eigenvalue weighted by Crippen LogP contribution is -2.49. The summed E-state index contributed by atoms with van der Waals surface area (Å²) in [5, 5.41) is 14.0. The molecule has 11 nitrogen and oxygen atoms in total. The number of carboxylic acids is 1. The molecule has 0 aliphatic heterocycles. The van der Waals surface area contributed by atoms with Crippen LogP contribution in [-0.2, 0) is 23.9 Å². The highest BCUT2D eigenvalue weighted by Gasteiger charge is 2.30. The molecule has 11 heteroatoms. The van der Waals surface area contributed by atoms with E-state index in [1.807, 2.05) is 54.0 Å². The third-order valence-electron chi connectivity index (χ3n) is 5.19. The van der Waals surface area contributed by atoms with E-state index in [-0.39, 0.29) is 12.5 Å². The highest BCUT2D eigenvalue weighted by atomic mass is 16.7. The minimum Gasteiger partial charge on any atom is -0.480 e. The summed E-state index contributed by atoms with van der Waals surface area (Å²) in [7, 11) is 0. The SMILES string of the molecule is CC(C)(C)OC(=O)NOCC(=O)NC[C@@H](NC(=O)OCC1c2ccccc2-c2ccccc21)C(=O)O. The molecule has 2 aromatic carbocycles. The van der Waals surface area contributed by atoms with Crippen LogP contribution in [0.4, 0.5) is 9.59 Å². The molecule has 0 bridgehead atoms. The van der Waals surface area contributed by atoms with E-state index in [0.717, 1.165) is 22.3 Å². The van der Waals surface area contributed by atoms with Crippen molar-refractivity contribution in [3.05, 3.63) is 59.7 Å². The Labute approximate surface area is 208 Å². The molecule has 0 unspecified atom stereocenters. The van der Waals surface area contributed by atoms with Gasteiger partial charge in [0.2, 0.25) is 5.91 Å². The van der Waals surface area contributed by atoms with E-state index in [0.29, 0.717) is 0 Å². The second kappa shape index (κ2) is 11.5. The lowest BCUT2D eigenvalue weighted by molar-refractivity contribution is -0.139. The Hall–Kier alpha value is -4.12. The van der Waals surface area contributed by atoms with Gasteiger partial charge < -0.3 is 25.2 Å². The van der Waals surface area contributed by atoms with E-state index in [4.69, 9.17) is 14.3 Å². The third kappa shape index (κ3) is 7.19. The first kappa shape index (κ1) is 26.5. The van der Waals surface area contributed by atoms with Crippen molar-refractivity contribution in [3.63, 3.8) is 0 Å². The molecule has 3 amide bonds. The van der Waals surface area contributed by atoms with Gasteiger partial charge in [-0.15, -0.1) is 0 Å². The molecule has 1 aliphatic carbocycles. The predicted octanol–water partition coefficient (Wildman–Crippen LogP) is 2.55. The second-order valence-electron chi connectivity index (χ2n) is 9.06. The Morgan fingerprint density at radius 3 is 2.08 bits per heavy atom. The van der Waals surface area contributed by atoms with Gasteiger partial charge in [0.05, 0.1) is 0 Å². The van der Waals surface area contributed by atoms with Crippen LogP contribution >= 0.6 is 0 Å². The number of hydrogen-bond donors (Lipinski definition) is 4. The topological polar surface area (TPSA) is 152 Å². The molecule has 1 atom stereocenters. The molecular weight excluding hydrogens is 470 g/mol. The Balaban J connectivity index is 1.46. The number of hydrogen-bond acceptors (Lipinski definition) is 7. The number of rotatable bonds is 9. The number of carboxylic acid groups (broad SMARTS) is 1. The summed E-state index contributed by atoms with van der Waals surface area (Å²) in [5.74, 6) is -2.26.